The molecule has 0 amide bonds. The fourth-order valence-electron chi connectivity index (χ4n) is 0.346. The molecule has 0 heterocycles. The summed E-state index contributed by atoms with van der Waals surface area (Å²) in [6, 6.07) is -0.662. The predicted molar refractivity (Wildman–Crippen MR) is 35.2 cm³/mol. The third-order valence-electron chi connectivity index (χ3n) is 0.843. The first-order valence-electron chi connectivity index (χ1n) is 2.84. The molecule has 0 saturated heterocycles. The van der Waals surface area contributed by atoms with E-state index < -0.39 is 12.0 Å². The van der Waals surface area contributed by atoms with Gasteiger partial charge in [0.25, 0.3) is 0 Å². The summed E-state index contributed by atoms with van der Waals surface area (Å²) in [4.78, 5) is 10.5. The molecule has 1 atom stereocenters. The zero-order chi connectivity index (χ0) is 7.28. The van der Waals surface area contributed by atoms with Crippen molar-refractivity contribution in [2.24, 2.45) is 5.73 Å². The van der Waals surface area contributed by atoms with Crippen LogP contribution in [-0.4, -0.2) is 26.5 Å². The van der Waals surface area contributed by atoms with E-state index >= 15 is 0 Å². The number of carbonyl (C=O) groups is 1. The number of esters is 1. The Morgan fingerprint density at radius 1 is 1.89 bits per heavy atom. The molecule has 2 N–H and O–H groups in total. The van der Waals surface area contributed by atoms with Crippen molar-refractivity contribution in [2.45, 2.75) is 19.3 Å². The Morgan fingerprint density at radius 2 is 2.44 bits per heavy atom. The topological polar surface area (TPSA) is 52.3 Å². The maximum absolute atomic E-state index is 10.5. The fourth-order valence-corrected chi connectivity index (χ4v) is 0.346. The van der Waals surface area contributed by atoms with Gasteiger partial charge >= 0.3 is 5.97 Å². The van der Waals surface area contributed by atoms with E-state index in [1.54, 1.807) is 6.92 Å². The van der Waals surface area contributed by atoms with Gasteiger partial charge in [-0.25, -0.2) is 0 Å². The maximum Gasteiger partial charge on any atom is 0.322 e. The van der Waals surface area contributed by atoms with Crippen LogP contribution >= 0.6 is 0 Å². The highest BCUT2D eigenvalue weighted by molar-refractivity contribution is 6.10. The quantitative estimate of drug-likeness (QED) is 0.409. The Bertz CT molecular complexity index is 97.0. The molecule has 0 aromatic rings. The highest BCUT2D eigenvalue weighted by atomic mass is 16.5. The van der Waals surface area contributed by atoms with Crippen LogP contribution in [0.3, 0.4) is 0 Å². The second-order valence-corrected chi connectivity index (χ2v) is 1.59. The minimum atomic E-state index is -0.662. The summed E-state index contributed by atoms with van der Waals surface area (Å²) < 4.78 is 4.55. The Labute approximate surface area is 56.0 Å². The van der Waals surface area contributed by atoms with Crippen LogP contribution in [0, 0.1) is 0 Å². The van der Waals surface area contributed by atoms with Crippen LogP contribution in [0.4, 0.5) is 0 Å². The van der Waals surface area contributed by atoms with Crippen molar-refractivity contribution in [2.75, 3.05) is 6.61 Å². The third-order valence-corrected chi connectivity index (χ3v) is 0.843. The standard InChI is InChI=1S/C5H10BNO2/c1-2-9-5(8)4(7)3-6/h4H,2-3,7H2,1H3. The second-order valence-electron chi connectivity index (χ2n) is 1.59. The number of rotatable bonds is 3. The van der Waals surface area contributed by atoms with Crippen molar-refractivity contribution < 1.29 is 9.53 Å². The normalized spacial score (nSPS) is 12.7. The smallest absolute Gasteiger partial charge is 0.322 e. The Morgan fingerprint density at radius 3 is 2.78 bits per heavy atom. The summed E-state index contributed by atoms with van der Waals surface area (Å²) in [5.41, 5.74) is 5.20. The molecule has 3 nitrogen and oxygen atoms in total. The molecule has 0 aliphatic rings. The maximum atomic E-state index is 10.5. The van der Waals surface area contributed by atoms with Crippen LogP contribution in [-0.2, 0) is 9.53 Å². The van der Waals surface area contributed by atoms with Gasteiger partial charge in [-0.05, 0) is 6.92 Å². The van der Waals surface area contributed by atoms with Crippen LogP contribution in [0.2, 0.25) is 6.32 Å². The lowest BCUT2D eigenvalue weighted by molar-refractivity contribution is -0.144. The number of ether oxygens (including phenoxy) is 1. The average molecular weight is 127 g/mol. The summed E-state index contributed by atoms with van der Waals surface area (Å²) >= 11 is 0. The van der Waals surface area contributed by atoms with Crippen molar-refractivity contribution in [1.82, 2.24) is 0 Å². The van der Waals surface area contributed by atoms with Gasteiger partial charge in [0.2, 0.25) is 0 Å². The van der Waals surface area contributed by atoms with E-state index in [0.29, 0.717) is 6.61 Å². The van der Waals surface area contributed by atoms with E-state index in [2.05, 4.69) is 4.74 Å². The minimum absolute atomic E-state index is 0.138. The molecular weight excluding hydrogens is 117 g/mol. The highest BCUT2D eigenvalue weighted by Gasteiger charge is 2.09. The molecule has 0 spiro atoms. The third kappa shape index (κ3) is 3.14. The van der Waals surface area contributed by atoms with Gasteiger partial charge in [0.15, 0.2) is 0 Å². The van der Waals surface area contributed by atoms with Crippen LogP contribution < -0.4 is 5.73 Å². The van der Waals surface area contributed by atoms with Crippen molar-refractivity contribution in [3.8, 4) is 0 Å². The number of hydrogen-bond donors (Lipinski definition) is 1. The Hall–Kier alpha value is -0.505. The molecule has 1 unspecified atom stereocenters. The van der Waals surface area contributed by atoms with E-state index in [9.17, 15) is 4.79 Å². The molecule has 0 fully saturated rings. The van der Waals surface area contributed by atoms with Gasteiger partial charge in [0.05, 0.1) is 20.5 Å². The molecule has 50 valence electrons. The van der Waals surface area contributed by atoms with Gasteiger partial charge < -0.3 is 10.5 Å². The number of carbonyl (C=O) groups excluding carboxylic acids is 1. The summed E-state index contributed by atoms with van der Waals surface area (Å²) in [5.74, 6) is -0.431. The summed E-state index contributed by atoms with van der Waals surface area (Å²) in [7, 11) is 5.08. The van der Waals surface area contributed by atoms with Crippen LogP contribution in [0.5, 0.6) is 0 Å². The first-order valence-corrected chi connectivity index (χ1v) is 2.84. The molecule has 0 rings (SSSR count). The van der Waals surface area contributed by atoms with Crippen LogP contribution in [0.1, 0.15) is 6.92 Å². The molecule has 0 aliphatic heterocycles. The molecule has 0 bridgehead atoms. The lowest BCUT2D eigenvalue weighted by Crippen LogP contribution is -2.31. The van der Waals surface area contributed by atoms with E-state index in [-0.39, 0.29) is 6.32 Å². The Balaban J connectivity index is 3.46. The van der Waals surface area contributed by atoms with E-state index in [1.165, 1.54) is 0 Å². The van der Waals surface area contributed by atoms with Gasteiger partial charge in [0, 0.05) is 0 Å². The van der Waals surface area contributed by atoms with Crippen LogP contribution in [0.15, 0.2) is 0 Å². The lowest BCUT2D eigenvalue weighted by atomic mass is 9.98. The highest BCUT2D eigenvalue weighted by Crippen LogP contribution is 1.87. The molecular formula is C5H10BNO2. The molecule has 4 heteroatoms. The first kappa shape index (κ1) is 8.49. The van der Waals surface area contributed by atoms with Crippen LogP contribution in [0.25, 0.3) is 0 Å². The predicted octanol–water partition coefficient (Wildman–Crippen LogP) is -0.536. The number of nitrogens with two attached hydrogens (primary N) is 1. The lowest BCUT2D eigenvalue weighted by Gasteiger charge is -2.06. The summed E-state index contributed by atoms with van der Waals surface area (Å²) in [5, 5.41) is 0. The van der Waals surface area contributed by atoms with E-state index in [1.807, 2.05) is 0 Å². The molecule has 0 aromatic carbocycles. The molecule has 9 heavy (non-hydrogen) atoms. The van der Waals surface area contributed by atoms with Gasteiger partial charge in [0.1, 0.15) is 0 Å². The fraction of sp³-hybridized carbons (Fsp3) is 0.800. The average Bonchev–Trinajstić information content (AvgIpc) is 1.87. The largest absolute Gasteiger partial charge is 0.465 e. The van der Waals surface area contributed by atoms with Crippen molar-refractivity contribution in [1.29, 1.82) is 0 Å². The van der Waals surface area contributed by atoms with Gasteiger partial charge in [-0.1, -0.05) is 6.32 Å². The number of hydrogen-bond acceptors (Lipinski definition) is 3. The summed E-state index contributed by atoms with van der Waals surface area (Å²) in [6.07, 6.45) is 0.138. The second kappa shape index (κ2) is 4.38. The molecule has 0 saturated carbocycles. The molecule has 2 radical (unpaired) electrons. The van der Waals surface area contributed by atoms with E-state index in [4.69, 9.17) is 13.6 Å². The van der Waals surface area contributed by atoms with Gasteiger partial charge in [-0.2, -0.15) is 0 Å². The SMILES string of the molecule is [B]CC(N)C(=O)OCC. The first-order chi connectivity index (χ1) is 4.22. The molecule has 0 aliphatic carbocycles. The van der Waals surface area contributed by atoms with Gasteiger partial charge in [-0.3, -0.25) is 4.79 Å². The zero-order valence-electron chi connectivity index (χ0n) is 5.46. The summed E-state index contributed by atoms with van der Waals surface area (Å²) in [6.45, 7) is 2.08. The molecule has 0 aromatic heterocycles. The minimum Gasteiger partial charge on any atom is -0.465 e. The Kier molecular flexibility index (Phi) is 4.14. The van der Waals surface area contributed by atoms with Crippen molar-refractivity contribution >= 4 is 13.8 Å². The van der Waals surface area contributed by atoms with E-state index in [0.717, 1.165) is 0 Å². The van der Waals surface area contributed by atoms with Crippen molar-refractivity contribution in [3.05, 3.63) is 0 Å². The zero-order valence-corrected chi connectivity index (χ0v) is 5.46. The van der Waals surface area contributed by atoms with Gasteiger partial charge in [-0.15, -0.1) is 0 Å². The monoisotopic (exact) mass is 127 g/mol. The van der Waals surface area contributed by atoms with Crippen molar-refractivity contribution in [3.63, 3.8) is 0 Å².